The van der Waals surface area contributed by atoms with Crippen molar-refractivity contribution >= 4 is 16.0 Å². The molecule has 6 nitrogen and oxygen atoms in total. The number of carboxylic acids is 1. The number of hydrogen-bond donors (Lipinski definition) is 2. The maximum absolute atomic E-state index is 12.7. The average Bonchev–Trinajstić information content (AvgIpc) is 2.61. The van der Waals surface area contributed by atoms with Crippen LogP contribution in [0.3, 0.4) is 0 Å². The number of allylic oxidation sites excluding steroid dienone is 1. The van der Waals surface area contributed by atoms with Crippen molar-refractivity contribution in [1.82, 2.24) is 4.72 Å². The molecule has 0 radical (unpaired) electrons. The van der Waals surface area contributed by atoms with Gasteiger partial charge in [0.2, 0.25) is 10.0 Å². The molecule has 0 bridgehead atoms. The Balaban J connectivity index is 2.46. The Morgan fingerprint density at radius 2 is 1.69 bits per heavy atom. The van der Waals surface area contributed by atoms with Gasteiger partial charge in [-0.3, -0.25) is 0 Å². The average molecular weight is 375 g/mol. The van der Waals surface area contributed by atoms with Crippen LogP contribution in [0.5, 0.6) is 5.75 Å². The Morgan fingerprint density at radius 3 is 2.15 bits per heavy atom. The predicted molar refractivity (Wildman–Crippen MR) is 98.6 cm³/mol. The molecule has 26 heavy (non-hydrogen) atoms. The van der Waals surface area contributed by atoms with E-state index in [-0.39, 0.29) is 10.5 Å². The Kier molecular flexibility index (Phi) is 6.18. The van der Waals surface area contributed by atoms with E-state index in [1.54, 1.807) is 43.3 Å². The van der Waals surface area contributed by atoms with Gasteiger partial charge in [-0.25, -0.2) is 13.2 Å². The van der Waals surface area contributed by atoms with E-state index in [9.17, 15) is 18.3 Å². The van der Waals surface area contributed by atoms with Gasteiger partial charge in [0.15, 0.2) is 0 Å². The van der Waals surface area contributed by atoms with Crippen molar-refractivity contribution in [2.24, 2.45) is 0 Å². The third-order valence-corrected chi connectivity index (χ3v) is 5.36. The van der Waals surface area contributed by atoms with Crippen molar-refractivity contribution in [3.63, 3.8) is 0 Å². The fraction of sp³-hybridized carbons (Fsp3) is 0.211. The van der Waals surface area contributed by atoms with Crippen LogP contribution in [-0.2, 0) is 14.8 Å². The van der Waals surface area contributed by atoms with Crippen LogP contribution < -0.4 is 9.46 Å². The van der Waals surface area contributed by atoms with E-state index >= 15 is 0 Å². The number of benzene rings is 2. The van der Waals surface area contributed by atoms with Crippen LogP contribution in [0.15, 0.2) is 65.1 Å². The second kappa shape index (κ2) is 8.16. The number of nitrogens with one attached hydrogen (secondary N) is 1. The van der Waals surface area contributed by atoms with Crippen molar-refractivity contribution < 1.29 is 23.1 Å². The van der Waals surface area contributed by atoms with Crippen LogP contribution in [-0.4, -0.2) is 26.6 Å². The van der Waals surface area contributed by atoms with E-state index in [4.69, 9.17) is 4.74 Å². The molecular formula is C19H21NO5S. The van der Waals surface area contributed by atoms with Crippen molar-refractivity contribution in [3.05, 3.63) is 71.3 Å². The minimum Gasteiger partial charge on any atom is -0.497 e. The smallest absolute Gasteiger partial charge is 0.333 e. The molecule has 7 heteroatoms. The lowest BCUT2D eigenvalue weighted by Crippen LogP contribution is -2.32. The molecule has 0 aliphatic rings. The zero-order valence-electron chi connectivity index (χ0n) is 14.8. The normalized spacial score (nSPS) is 13.3. The Hall–Kier alpha value is -2.64. The fourth-order valence-electron chi connectivity index (χ4n) is 2.46. The zero-order valence-corrected chi connectivity index (χ0v) is 15.6. The van der Waals surface area contributed by atoms with E-state index in [1.165, 1.54) is 25.3 Å². The first kappa shape index (κ1) is 19.7. The molecule has 138 valence electrons. The summed E-state index contributed by atoms with van der Waals surface area (Å²) in [7, 11) is -2.40. The zero-order chi connectivity index (χ0) is 19.3. The SMILES string of the molecule is CC=C(C(=O)O)C(NS(=O)(=O)c1ccc(C)cc1)c1ccc(OC)cc1. The van der Waals surface area contributed by atoms with Gasteiger partial charge in [0, 0.05) is 0 Å². The molecule has 0 spiro atoms. The molecule has 2 aromatic rings. The Labute approximate surface area is 153 Å². The highest BCUT2D eigenvalue weighted by Crippen LogP contribution is 2.26. The number of hydrogen-bond acceptors (Lipinski definition) is 4. The van der Waals surface area contributed by atoms with Gasteiger partial charge < -0.3 is 9.84 Å². The maximum atomic E-state index is 12.7. The summed E-state index contributed by atoms with van der Waals surface area (Å²) in [4.78, 5) is 11.7. The summed E-state index contributed by atoms with van der Waals surface area (Å²) in [6.07, 6.45) is 1.38. The molecule has 0 aromatic heterocycles. The van der Waals surface area contributed by atoms with E-state index < -0.39 is 22.0 Å². The Bertz CT molecular complexity index is 900. The third kappa shape index (κ3) is 4.50. The van der Waals surface area contributed by atoms with Crippen molar-refractivity contribution in [2.45, 2.75) is 24.8 Å². The van der Waals surface area contributed by atoms with Crippen LogP contribution in [0.25, 0.3) is 0 Å². The van der Waals surface area contributed by atoms with Gasteiger partial charge in [0.25, 0.3) is 0 Å². The molecule has 2 N–H and O–H groups in total. The number of ether oxygens (including phenoxy) is 1. The van der Waals surface area contributed by atoms with Crippen molar-refractivity contribution in [2.75, 3.05) is 7.11 Å². The fourth-order valence-corrected chi connectivity index (χ4v) is 3.67. The van der Waals surface area contributed by atoms with Crippen LogP contribution in [0.2, 0.25) is 0 Å². The van der Waals surface area contributed by atoms with Gasteiger partial charge in [-0.1, -0.05) is 35.9 Å². The van der Waals surface area contributed by atoms with E-state index in [1.807, 2.05) is 6.92 Å². The first-order valence-corrected chi connectivity index (χ1v) is 9.39. The number of aryl methyl sites for hydroxylation is 1. The highest BCUT2D eigenvalue weighted by Gasteiger charge is 2.27. The molecule has 1 unspecified atom stereocenters. The van der Waals surface area contributed by atoms with Gasteiger partial charge in [-0.2, -0.15) is 4.72 Å². The molecular weight excluding hydrogens is 354 g/mol. The number of aliphatic carboxylic acids is 1. The number of carbonyl (C=O) groups is 1. The predicted octanol–water partition coefficient (Wildman–Crippen LogP) is 3.05. The standard InChI is InChI=1S/C19H21NO5S/c1-4-17(19(21)22)18(14-7-9-15(25-3)10-8-14)20-26(23,24)16-11-5-13(2)6-12-16/h4-12,18,20H,1-3H3,(H,21,22). The van der Waals surface area contributed by atoms with Crippen LogP contribution >= 0.6 is 0 Å². The lowest BCUT2D eigenvalue weighted by atomic mass is 9.99. The number of carboxylic acid groups (broad SMARTS) is 1. The number of rotatable bonds is 7. The van der Waals surface area contributed by atoms with Crippen LogP contribution in [0, 0.1) is 6.92 Å². The summed E-state index contributed by atoms with van der Waals surface area (Å²) in [5.41, 5.74) is 1.36. The van der Waals surface area contributed by atoms with Crippen molar-refractivity contribution in [1.29, 1.82) is 0 Å². The van der Waals surface area contributed by atoms with E-state index in [0.29, 0.717) is 11.3 Å². The van der Waals surface area contributed by atoms with Gasteiger partial charge >= 0.3 is 5.97 Å². The van der Waals surface area contributed by atoms with E-state index in [0.717, 1.165) is 5.56 Å². The molecule has 0 aliphatic heterocycles. The molecule has 0 saturated heterocycles. The largest absolute Gasteiger partial charge is 0.497 e. The summed E-state index contributed by atoms with van der Waals surface area (Å²) in [6, 6.07) is 11.9. The molecule has 1 atom stereocenters. The van der Waals surface area contributed by atoms with Gasteiger partial charge in [-0.05, 0) is 43.7 Å². The lowest BCUT2D eigenvalue weighted by Gasteiger charge is -2.20. The Morgan fingerprint density at radius 1 is 1.12 bits per heavy atom. The number of methoxy groups -OCH3 is 1. The van der Waals surface area contributed by atoms with Gasteiger partial charge in [-0.15, -0.1) is 0 Å². The lowest BCUT2D eigenvalue weighted by molar-refractivity contribution is -0.133. The van der Waals surface area contributed by atoms with Crippen LogP contribution in [0.4, 0.5) is 0 Å². The molecule has 0 saturated carbocycles. The highest BCUT2D eigenvalue weighted by molar-refractivity contribution is 7.89. The minimum absolute atomic E-state index is 0.0640. The number of sulfonamides is 1. The molecule has 0 aliphatic carbocycles. The molecule has 2 rings (SSSR count). The quantitative estimate of drug-likeness (QED) is 0.726. The molecule has 0 heterocycles. The maximum Gasteiger partial charge on any atom is 0.333 e. The van der Waals surface area contributed by atoms with Gasteiger partial charge in [0.1, 0.15) is 5.75 Å². The second-order valence-corrected chi connectivity index (χ2v) is 7.40. The first-order chi connectivity index (χ1) is 12.3. The highest BCUT2D eigenvalue weighted by atomic mass is 32.2. The molecule has 0 amide bonds. The summed E-state index contributed by atoms with van der Waals surface area (Å²) >= 11 is 0. The second-order valence-electron chi connectivity index (χ2n) is 5.69. The monoisotopic (exact) mass is 375 g/mol. The summed E-state index contributed by atoms with van der Waals surface area (Å²) in [5.74, 6) is -0.605. The van der Waals surface area contributed by atoms with Gasteiger partial charge in [0.05, 0.1) is 23.6 Å². The van der Waals surface area contributed by atoms with Crippen LogP contribution in [0.1, 0.15) is 24.1 Å². The minimum atomic E-state index is -3.91. The topological polar surface area (TPSA) is 92.7 Å². The molecule has 2 aromatic carbocycles. The molecule has 0 fully saturated rings. The summed E-state index contributed by atoms with van der Waals surface area (Å²) in [5, 5.41) is 9.48. The van der Waals surface area contributed by atoms with Crippen molar-refractivity contribution in [3.8, 4) is 5.75 Å². The summed E-state index contributed by atoms with van der Waals surface area (Å²) < 4.78 is 33.1. The van der Waals surface area contributed by atoms with E-state index in [2.05, 4.69) is 4.72 Å². The summed E-state index contributed by atoms with van der Waals surface area (Å²) in [6.45, 7) is 3.41. The third-order valence-electron chi connectivity index (χ3n) is 3.92. The first-order valence-electron chi connectivity index (χ1n) is 7.91.